The molecule has 2 aromatic carbocycles. The molecule has 7 heteroatoms. The molecular weight excluding hydrogens is 294 g/mol. The lowest BCUT2D eigenvalue weighted by Crippen LogP contribution is -1.95. The monoisotopic (exact) mass is 307 g/mol. The van der Waals surface area contributed by atoms with Crippen LogP contribution in [0.3, 0.4) is 0 Å². The molecule has 0 aliphatic heterocycles. The Balaban J connectivity index is 1.55. The van der Waals surface area contributed by atoms with Crippen molar-refractivity contribution in [3.63, 3.8) is 0 Å². The molecule has 0 fully saturated rings. The Morgan fingerprint density at radius 1 is 1.13 bits per heavy atom. The summed E-state index contributed by atoms with van der Waals surface area (Å²) in [6.07, 6.45) is 0. The Labute approximate surface area is 131 Å². The summed E-state index contributed by atoms with van der Waals surface area (Å²) in [4.78, 5) is 4.36. The van der Waals surface area contributed by atoms with Gasteiger partial charge < -0.3 is 9.26 Å². The molecule has 0 amide bonds. The molecule has 23 heavy (non-hydrogen) atoms. The molecule has 2 heterocycles. The number of hydrogen-bond acceptors (Lipinski definition) is 6. The summed E-state index contributed by atoms with van der Waals surface area (Å²) in [6, 6.07) is 15.2. The highest BCUT2D eigenvalue weighted by Gasteiger charge is 2.11. The number of aromatic nitrogens is 5. The molecule has 114 valence electrons. The van der Waals surface area contributed by atoms with Gasteiger partial charge in [-0.3, -0.25) is 0 Å². The van der Waals surface area contributed by atoms with Crippen molar-refractivity contribution < 1.29 is 9.26 Å². The van der Waals surface area contributed by atoms with E-state index in [4.69, 9.17) is 9.26 Å². The Bertz CT molecular complexity index is 945. The van der Waals surface area contributed by atoms with Crippen LogP contribution in [0.25, 0.3) is 22.4 Å². The number of para-hydroxylation sites is 1. The van der Waals surface area contributed by atoms with Gasteiger partial charge in [-0.25, -0.2) is 4.68 Å². The zero-order valence-electron chi connectivity index (χ0n) is 12.4. The van der Waals surface area contributed by atoms with Crippen LogP contribution in [0, 0.1) is 0 Å². The molecule has 0 N–H and O–H groups in total. The Hall–Kier alpha value is -3.22. The first-order valence-electron chi connectivity index (χ1n) is 7.10. The first kappa shape index (κ1) is 13.4. The fourth-order valence-electron chi connectivity index (χ4n) is 2.26. The average Bonchev–Trinajstić information content (AvgIpc) is 3.21. The van der Waals surface area contributed by atoms with Crippen molar-refractivity contribution >= 4 is 11.0 Å². The van der Waals surface area contributed by atoms with Crippen LogP contribution in [0.5, 0.6) is 5.75 Å². The molecule has 4 rings (SSSR count). The standard InChI is InChI=1S/C16H13N5O2/c1-21-14-9-11(7-8-13(14)18-20-21)16-17-15(23-19-16)10-22-12-5-3-2-4-6-12/h2-9H,10H2,1H3. The van der Waals surface area contributed by atoms with Crippen LogP contribution >= 0.6 is 0 Å². The largest absolute Gasteiger partial charge is 0.484 e. The maximum Gasteiger partial charge on any atom is 0.264 e. The van der Waals surface area contributed by atoms with E-state index in [-0.39, 0.29) is 6.61 Å². The minimum Gasteiger partial charge on any atom is -0.484 e. The van der Waals surface area contributed by atoms with Crippen LogP contribution in [0.15, 0.2) is 53.1 Å². The second kappa shape index (κ2) is 5.53. The Morgan fingerprint density at radius 2 is 2.00 bits per heavy atom. The average molecular weight is 307 g/mol. The molecule has 0 spiro atoms. The van der Waals surface area contributed by atoms with Gasteiger partial charge in [0.25, 0.3) is 5.89 Å². The molecule has 7 nitrogen and oxygen atoms in total. The molecule has 0 aliphatic rings. The first-order valence-corrected chi connectivity index (χ1v) is 7.10. The summed E-state index contributed by atoms with van der Waals surface area (Å²) in [6.45, 7) is 0.229. The van der Waals surface area contributed by atoms with E-state index >= 15 is 0 Å². The molecule has 0 saturated carbocycles. The van der Waals surface area contributed by atoms with Crippen LogP contribution in [0.2, 0.25) is 0 Å². The normalized spacial score (nSPS) is 11.0. The van der Waals surface area contributed by atoms with E-state index in [0.29, 0.717) is 11.7 Å². The van der Waals surface area contributed by atoms with Crippen LogP contribution in [-0.4, -0.2) is 25.1 Å². The van der Waals surface area contributed by atoms with Crippen LogP contribution in [0.1, 0.15) is 5.89 Å². The highest BCUT2D eigenvalue weighted by Crippen LogP contribution is 2.21. The van der Waals surface area contributed by atoms with Gasteiger partial charge in [-0.05, 0) is 30.3 Å². The molecule has 4 aromatic rings. The van der Waals surface area contributed by atoms with E-state index < -0.39 is 0 Å². The number of fused-ring (bicyclic) bond motifs is 1. The van der Waals surface area contributed by atoms with E-state index in [2.05, 4.69) is 20.5 Å². The minimum atomic E-state index is 0.229. The summed E-state index contributed by atoms with van der Waals surface area (Å²) in [5, 5.41) is 12.0. The minimum absolute atomic E-state index is 0.229. The zero-order chi connectivity index (χ0) is 15.6. The lowest BCUT2D eigenvalue weighted by molar-refractivity contribution is 0.243. The predicted molar refractivity (Wildman–Crippen MR) is 82.6 cm³/mol. The molecule has 0 saturated heterocycles. The van der Waals surface area contributed by atoms with Gasteiger partial charge in [0.1, 0.15) is 11.3 Å². The smallest absolute Gasteiger partial charge is 0.264 e. The van der Waals surface area contributed by atoms with Gasteiger partial charge in [-0.15, -0.1) is 5.10 Å². The van der Waals surface area contributed by atoms with Gasteiger partial charge in [0, 0.05) is 12.6 Å². The van der Waals surface area contributed by atoms with Crippen molar-refractivity contribution in [2.75, 3.05) is 0 Å². The summed E-state index contributed by atoms with van der Waals surface area (Å²) in [7, 11) is 1.84. The van der Waals surface area contributed by atoms with Gasteiger partial charge in [0.15, 0.2) is 6.61 Å². The van der Waals surface area contributed by atoms with Gasteiger partial charge in [-0.1, -0.05) is 28.6 Å². The highest BCUT2D eigenvalue weighted by molar-refractivity contribution is 5.79. The fourth-order valence-corrected chi connectivity index (χ4v) is 2.26. The van der Waals surface area contributed by atoms with E-state index in [9.17, 15) is 0 Å². The molecule has 0 radical (unpaired) electrons. The number of rotatable bonds is 4. The second-order valence-electron chi connectivity index (χ2n) is 5.03. The van der Waals surface area contributed by atoms with Crippen molar-refractivity contribution in [2.24, 2.45) is 7.05 Å². The van der Waals surface area contributed by atoms with Crippen molar-refractivity contribution in [1.82, 2.24) is 25.1 Å². The number of benzene rings is 2. The number of aryl methyl sites for hydroxylation is 1. The maximum atomic E-state index is 5.60. The third-order valence-corrected chi connectivity index (χ3v) is 3.44. The number of ether oxygens (including phenoxy) is 1. The second-order valence-corrected chi connectivity index (χ2v) is 5.03. The Kier molecular flexibility index (Phi) is 3.23. The SMILES string of the molecule is Cn1nnc2ccc(-c3noc(COc4ccccc4)n3)cc21. The topological polar surface area (TPSA) is 78.9 Å². The zero-order valence-corrected chi connectivity index (χ0v) is 12.4. The molecule has 2 aromatic heterocycles. The first-order chi connectivity index (χ1) is 11.3. The van der Waals surface area contributed by atoms with Gasteiger partial charge >= 0.3 is 0 Å². The fraction of sp³-hybridized carbons (Fsp3) is 0.125. The molecule has 0 unspecified atom stereocenters. The van der Waals surface area contributed by atoms with Gasteiger partial charge in [0.2, 0.25) is 5.82 Å². The lowest BCUT2D eigenvalue weighted by atomic mass is 10.2. The molecule has 0 bridgehead atoms. The lowest BCUT2D eigenvalue weighted by Gasteiger charge is -2.01. The quantitative estimate of drug-likeness (QED) is 0.576. The van der Waals surface area contributed by atoms with E-state index in [1.165, 1.54) is 0 Å². The molecular formula is C16H13N5O2. The van der Waals surface area contributed by atoms with E-state index in [1.54, 1.807) is 4.68 Å². The van der Waals surface area contributed by atoms with Crippen molar-refractivity contribution in [1.29, 1.82) is 0 Å². The van der Waals surface area contributed by atoms with E-state index in [0.717, 1.165) is 22.3 Å². The van der Waals surface area contributed by atoms with Crippen molar-refractivity contribution in [3.8, 4) is 17.1 Å². The molecule has 0 aliphatic carbocycles. The van der Waals surface area contributed by atoms with Crippen LogP contribution in [0.4, 0.5) is 0 Å². The van der Waals surface area contributed by atoms with Crippen LogP contribution < -0.4 is 4.74 Å². The number of hydrogen-bond donors (Lipinski definition) is 0. The molecule has 0 atom stereocenters. The summed E-state index contributed by atoms with van der Waals surface area (Å²) < 4.78 is 12.5. The van der Waals surface area contributed by atoms with Gasteiger partial charge in [0.05, 0.1) is 5.52 Å². The van der Waals surface area contributed by atoms with Gasteiger partial charge in [-0.2, -0.15) is 4.98 Å². The summed E-state index contributed by atoms with van der Waals surface area (Å²) in [5.41, 5.74) is 2.58. The van der Waals surface area contributed by atoms with Crippen LogP contribution in [-0.2, 0) is 13.7 Å². The third-order valence-electron chi connectivity index (χ3n) is 3.44. The third kappa shape index (κ3) is 2.64. The summed E-state index contributed by atoms with van der Waals surface area (Å²) in [5.74, 6) is 1.70. The predicted octanol–water partition coefficient (Wildman–Crippen LogP) is 2.60. The van der Waals surface area contributed by atoms with Crippen molar-refractivity contribution in [2.45, 2.75) is 6.61 Å². The van der Waals surface area contributed by atoms with Crippen molar-refractivity contribution in [3.05, 3.63) is 54.4 Å². The number of nitrogens with zero attached hydrogens (tertiary/aromatic N) is 5. The Morgan fingerprint density at radius 3 is 2.87 bits per heavy atom. The maximum absolute atomic E-state index is 5.60. The highest BCUT2D eigenvalue weighted by atomic mass is 16.5. The summed E-state index contributed by atoms with van der Waals surface area (Å²) >= 11 is 0. The van der Waals surface area contributed by atoms with E-state index in [1.807, 2.05) is 55.6 Å².